The third-order valence-corrected chi connectivity index (χ3v) is 3.87. The maximum Gasteiger partial charge on any atom is 0.335 e. The predicted octanol–water partition coefficient (Wildman–Crippen LogP) is 2.93. The highest BCUT2D eigenvalue weighted by atomic mass is 16.4. The number of nitrogens with one attached hydrogen (secondary N) is 2. The van der Waals surface area contributed by atoms with E-state index >= 15 is 0 Å². The predicted molar refractivity (Wildman–Crippen MR) is 78.7 cm³/mol. The second-order valence-corrected chi connectivity index (χ2v) is 5.74. The summed E-state index contributed by atoms with van der Waals surface area (Å²) in [5.74, 6) is -1.39. The van der Waals surface area contributed by atoms with Crippen molar-refractivity contribution in [2.75, 3.05) is 5.32 Å². The molecular formula is C15H20N2O4. The lowest BCUT2D eigenvalue weighted by Gasteiger charge is -2.34. The summed E-state index contributed by atoms with van der Waals surface area (Å²) in [6.45, 7) is 2.01. The molecule has 0 atom stereocenters. The van der Waals surface area contributed by atoms with E-state index in [0.29, 0.717) is 0 Å². The molecule has 2 rings (SSSR count). The Morgan fingerprint density at radius 3 is 2.43 bits per heavy atom. The number of phenolic OH excluding ortho intramolecular Hbond substituents is 1. The number of carbonyl (C=O) groups excluding carboxylic acids is 1. The fourth-order valence-corrected chi connectivity index (χ4v) is 2.66. The van der Waals surface area contributed by atoms with Crippen LogP contribution >= 0.6 is 0 Å². The molecule has 1 saturated carbocycles. The molecule has 2 amide bonds. The van der Waals surface area contributed by atoms with Gasteiger partial charge in [-0.3, -0.25) is 0 Å². The van der Waals surface area contributed by atoms with Gasteiger partial charge in [-0.05, 0) is 38.0 Å². The van der Waals surface area contributed by atoms with Gasteiger partial charge in [-0.25, -0.2) is 9.59 Å². The van der Waals surface area contributed by atoms with Crippen molar-refractivity contribution in [3.63, 3.8) is 0 Å². The Morgan fingerprint density at radius 2 is 1.86 bits per heavy atom. The molecule has 1 aromatic carbocycles. The van der Waals surface area contributed by atoms with Gasteiger partial charge >= 0.3 is 12.0 Å². The number of hydrogen-bond acceptors (Lipinski definition) is 3. The largest absolute Gasteiger partial charge is 0.506 e. The van der Waals surface area contributed by atoms with Crippen LogP contribution in [0, 0.1) is 0 Å². The molecular weight excluding hydrogens is 272 g/mol. The molecule has 1 aromatic rings. The second kappa shape index (κ2) is 6.03. The van der Waals surface area contributed by atoms with Gasteiger partial charge in [0.25, 0.3) is 0 Å². The molecule has 0 bridgehead atoms. The summed E-state index contributed by atoms with van der Waals surface area (Å²) in [7, 11) is 0. The SMILES string of the molecule is CC1(NC(=O)Nc2ccc(C(=O)O)cc2O)CCCCC1. The Morgan fingerprint density at radius 1 is 1.19 bits per heavy atom. The van der Waals surface area contributed by atoms with E-state index in [1.54, 1.807) is 0 Å². The number of urea groups is 1. The molecule has 114 valence electrons. The van der Waals surface area contributed by atoms with Crippen molar-refractivity contribution in [2.24, 2.45) is 0 Å². The third-order valence-electron chi connectivity index (χ3n) is 3.87. The van der Waals surface area contributed by atoms with E-state index in [2.05, 4.69) is 10.6 Å². The van der Waals surface area contributed by atoms with Crippen LogP contribution in [-0.4, -0.2) is 27.8 Å². The first-order chi connectivity index (χ1) is 9.89. The number of benzene rings is 1. The normalized spacial score (nSPS) is 17.0. The molecule has 0 heterocycles. The van der Waals surface area contributed by atoms with E-state index in [1.165, 1.54) is 18.6 Å². The molecule has 1 aliphatic carbocycles. The van der Waals surface area contributed by atoms with E-state index in [-0.39, 0.29) is 22.5 Å². The molecule has 6 nitrogen and oxygen atoms in total. The highest BCUT2D eigenvalue weighted by molar-refractivity contribution is 5.93. The Balaban J connectivity index is 2.01. The van der Waals surface area contributed by atoms with Crippen LogP contribution in [-0.2, 0) is 0 Å². The molecule has 4 N–H and O–H groups in total. The summed E-state index contributed by atoms with van der Waals surface area (Å²) in [5, 5.41) is 24.1. The fourth-order valence-electron chi connectivity index (χ4n) is 2.66. The van der Waals surface area contributed by atoms with Gasteiger partial charge in [0.1, 0.15) is 5.75 Å². The average molecular weight is 292 g/mol. The van der Waals surface area contributed by atoms with E-state index < -0.39 is 12.0 Å². The van der Waals surface area contributed by atoms with Gasteiger partial charge in [-0.2, -0.15) is 0 Å². The number of carboxylic acid groups (broad SMARTS) is 1. The van der Waals surface area contributed by atoms with Gasteiger partial charge in [-0.15, -0.1) is 0 Å². The Labute approximate surface area is 123 Å². The monoisotopic (exact) mass is 292 g/mol. The van der Waals surface area contributed by atoms with Gasteiger partial charge in [0.15, 0.2) is 0 Å². The number of carboxylic acids is 1. The lowest BCUT2D eigenvalue weighted by molar-refractivity contribution is 0.0696. The van der Waals surface area contributed by atoms with E-state index in [1.807, 2.05) is 6.92 Å². The van der Waals surface area contributed by atoms with Gasteiger partial charge < -0.3 is 20.8 Å². The highest BCUT2D eigenvalue weighted by Gasteiger charge is 2.28. The lowest BCUT2D eigenvalue weighted by atomic mass is 9.83. The van der Waals surface area contributed by atoms with Crippen LogP contribution < -0.4 is 10.6 Å². The number of hydrogen-bond donors (Lipinski definition) is 4. The third kappa shape index (κ3) is 3.87. The molecule has 0 saturated heterocycles. The van der Waals surface area contributed by atoms with Crippen molar-refractivity contribution in [1.82, 2.24) is 5.32 Å². The minimum Gasteiger partial charge on any atom is -0.506 e. The fraction of sp³-hybridized carbons (Fsp3) is 0.467. The first-order valence-electron chi connectivity index (χ1n) is 7.05. The maximum absolute atomic E-state index is 12.0. The number of amides is 2. The molecule has 21 heavy (non-hydrogen) atoms. The van der Waals surface area contributed by atoms with Crippen molar-refractivity contribution >= 4 is 17.7 Å². The van der Waals surface area contributed by atoms with E-state index in [9.17, 15) is 14.7 Å². The van der Waals surface area contributed by atoms with Crippen LogP contribution in [0.2, 0.25) is 0 Å². The number of aromatic hydroxyl groups is 1. The maximum atomic E-state index is 12.0. The number of anilines is 1. The Bertz CT molecular complexity index is 551. The van der Waals surface area contributed by atoms with Crippen LogP contribution in [0.1, 0.15) is 49.4 Å². The molecule has 6 heteroatoms. The van der Waals surface area contributed by atoms with Gasteiger partial charge in [-0.1, -0.05) is 19.3 Å². The van der Waals surface area contributed by atoms with E-state index in [4.69, 9.17) is 5.11 Å². The number of phenols is 1. The summed E-state index contributed by atoms with van der Waals surface area (Å²) in [5.41, 5.74) is -0.0616. The lowest BCUT2D eigenvalue weighted by Crippen LogP contribution is -2.48. The Hall–Kier alpha value is -2.24. The second-order valence-electron chi connectivity index (χ2n) is 5.74. The zero-order chi connectivity index (χ0) is 15.5. The Kier molecular flexibility index (Phi) is 4.35. The number of aromatic carboxylic acids is 1. The van der Waals surface area contributed by atoms with Crippen molar-refractivity contribution in [3.8, 4) is 5.75 Å². The molecule has 0 spiro atoms. The van der Waals surface area contributed by atoms with Crippen LogP contribution in [0.3, 0.4) is 0 Å². The highest BCUT2D eigenvalue weighted by Crippen LogP contribution is 2.28. The van der Waals surface area contributed by atoms with Crippen LogP contribution in [0.5, 0.6) is 5.75 Å². The van der Waals surface area contributed by atoms with Crippen molar-refractivity contribution < 1.29 is 19.8 Å². The van der Waals surface area contributed by atoms with Gasteiger partial charge in [0.2, 0.25) is 0 Å². The molecule has 0 unspecified atom stereocenters. The zero-order valence-electron chi connectivity index (χ0n) is 12.0. The minimum absolute atomic E-state index is 0.0299. The quantitative estimate of drug-likeness (QED) is 0.644. The van der Waals surface area contributed by atoms with Crippen LogP contribution in [0.25, 0.3) is 0 Å². The van der Waals surface area contributed by atoms with Crippen LogP contribution in [0.4, 0.5) is 10.5 Å². The van der Waals surface area contributed by atoms with Crippen molar-refractivity contribution in [1.29, 1.82) is 0 Å². The topological polar surface area (TPSA) is 98.7 Å². The van der Waals surface area contributed by atoms with Crippen molar-refractivity contribution in [3.05, 3.63) is 23.8 Å². The van der Waals surface area contributed by atoms with Gasteiger partial charge in [0.05, 0.1) is 11.3 Å². The summed E-state index contributed by atoms with van der Waals surface area (Å²) in [6, 6.07) is 3.43. The van der Waals surface area contributed by atoms with Crippen LogP contribution in [0.15, 0.2) is 18.2 Å². The van der Waals surface area contributed by atoms with Crippen molar-refractivity contribution in [2.45, 2.75) is 44.6 Å². The average Bonchev–Trinajstić information content (AvgIpc) is 2.41. The van der Waals surface area contributed by atoms with Gasteiger partial charge in [0, 0.05) is 5.54 Å². The summed E-state index contributed by atoms with van der Waals surface area (Å²) >= 11 is 0. The molecule has 0 aliphatic heterocycles. The smallest absolute Gasteiger partial charge is 0.335 e. The molecule has 1 aliphatic rings. The molecule has 1 fully saturated rings. The standard InChI is InChI=1S/C15H20N2O4/c1-15(7-3-2-4-8-15)17-14(21)16-11-6-5-10(13(19)20)9-12(11)18/h5-6,9,18H,2-4,7-8H2,1H3,(H,19,20)(H2,16,17,21). The number of rotatable bonds is 3. The summed E-state index contributed by atoms with van der Waals surface area (Å²) < 4.78 is 0. The molecule has 0 aromatic heterocycles. The first kappa shape index (κ1) is 15.2. The minimum atomic E-state index is -1.13. The van der Waals surface area contributed by atoms with E-state index in [0.717, 1.165) is 31.7 Å². The summed E-state index contributed by atoms with van der Waals surface area (Å²) in [6.07, 6.45) is 5.25. The summed E-state index contributed by atoms with van der Waals surface area (Å²) in [4.78, 5) is 22.8. The zero-order valence-corrected chi connectivity index (χ0v) is 12.0. The first-order valence-corrected chi connectivity index (χ1v) is 7.05. The molecule has 0 radical (unpaired) electrons. The number of carbonyl (C=O) groups is 2.